The first kappa shape index (κ1) is 21.3. The number of benzene rings is 2. The molecule has 1 amide bonds. The number of hydrazine groups is 1. The second-order valence-corrected chi connectivity index (χ2v) is 10.8. The van der Waals surface area contributed by atoms with Gasteiger partial charge in [0, 0.05) is 32.6 Å². The van der Waals surface area contributed by atoms with Crippen LogP contribution in [0.4, 0.5) is 0 Å². The maximum Gasteiger partial charge on any atom is 0.243 e. The Bertz CT molecular complexity index is 1010. The molecular weight excluding hydrogens is 398 g/mol. The average Bonchev–Trinajstić information content (AvgIpc) is 2.73. The molecule has 7 heteroatoms. The van der Waals surface area contributed by atoms with Crippen LogP contribution in [0.3, 0.4) is 0 Å². The molecule has 0 aliphatic carbocycles. The zero-order chi connectivity index (χ0) is 21.1. The number of hydrogen-bond acceptors (Lipinski definition) is 4. The van der Waals surface area contributed by atoms with Crippen molar-refractivity contribution in [2.24, 2.45) is 11.8 Å². The first-order valence-corrected chi connectivity index (χ1v) is 12.4. The van der Waals surface area contributed by atoms with E-state index in [2.05, 4.69) is 12.3 Å². The van der Waals surface area contributed by atoms with Gasteiger partial charge < -0.3 is 0 Å². The van der Waals surface area contributed by atoms with Gasteiger partial charge in [-0.2, -0.15) is 4.31 Å². The topological polar surface area (TPSA) is 69.7 Å². The average molecular weight is 430 g/mol. The minimum Gasteiger partial charge on any atom is -0.289 e. The highest BCUT2D eigenvalue weighted by atomic mass is 32.2. The van der Waals surface area contributed by atoms with Gasteiger partial charge in [-0.05, 0) is 60.4 Å². The van der Waals surface area contributed by atoms with Crippen LogP contribution in [-0.4, -0.2) is 49.8 Å². The number of piperidine rings is 2. The van der Waals surface area contributed by atoms with E-state index in [0.717, 1.165) is 43.1 Å². The van der Waals surface area contributed by atoms with Crippen LogP contribution in [0.5, 0.6) is 0 Å². The first-order valence-electron chi connectivity index (χ1n) is 11.0. The van der Waals surface area contributed by atoms with Crippen LogP contribution < -0.4 is 5.43 Å². The van der Waals surface area contributed by atoms with Gasteiger partial charge in [-0.15, -0.1) is 0 Å². The normalized spacial score (nSPS) is 24.0. The molecule has 0 aromatic heterocycles. The number of nitrogens with one attached hydrogen (secondary N) is 1. The fourth-order valence-corrected chi connectivity index (χ4v) is 6.25. The van der Waals surface area contributed by atoms with E-state index in [-0.39, 0.29) is 11.8 Å². The molecule has 2 fully saturated rings. The molecule has 2 aliphatic heterocycles. The molecule has 162 valence electrons. The fourth-order valence-electron chi connectivity index (χ4n) is 4.66. The number of nitrogens with zero attached hydrogens (tertiary/aromatic N) is 2. The molecule has 0 radical (unpaired) electrons. The quantitative estimate of drug-likeness (QED) is 0.791. The van der Waals surface area contributed by atoms with E-state index >= 15 is 0 Å². The zero-order valence-corrected chi connectivity index (χ0v) is 18.4. The number of hydrogen-bond donors (Lipinski definition) is 1. The Kier molecular flexibility index (Phi) is 6.41. The Balaban J connectivity index is 1.40. The molecule has 1 N–H and O–H groups in total. The smallest absolute Gasteiger partial charge is 0.243 e. The summed E-state index contributed by atoms with van der Waals surface area (Å²) in [7, 11) is -3.57. The van der Waals surface area contributed by atoms with Gasteiger partial charge in [0.15, 0.2) is 0 Å². The second kappa shape index (κ2) is 9.04. The number of sulfonamides is 1. The fraction of sp³-hybridized carbons (Fsp3) is 0.522. The van der Waals surface area contributed by atoms with Crippen LogP contribution in [-0.2, 0) is 14.8 Å². The van der Waals surface area contributed by atoms with Crippen molar-refractivity contribution in [2.45, 2.75) is 43.9 Å². The first-order chi connectivity index (χ1) is 14.4. The lowest BCUT2D eigenvalue weighted by Gasteiger charge is -2.33. The van der Waals surface area contributed by atoms with Gasteiger partial charge in [-0.3, -0.25) is 10.2 Å². The third-order valence-electron chi connectivity index (χ3n) is 6.25. The summed E-state index contributed by atoms with van der Waals surface area (Å²) >= 11 is 0. The molecule has 6 nitrogen and oxygen atoms in total. The molecular formula is C23H31N3O3S. The molecule has 2 atom stereocenters. The predicted molar refractivity (Wildman–Crippen MR) is 118 cm³/mol. The molecule has 0 bridgehead atoms. The maximum atomic E-state index is 13.2. The van der Waals surface area contributed by atoms with Crippen LogP contribution in [0.25, 0.3) is 10.8 Å². The summed E-state index contributed by atoms with van der Waals surface area (Å²) in [5, 5.41) is 3.96. The Morgan fingerprint density at radius 3 is 2.60 bits per heavy atom. The van der Waals surface area contributed by atoms with Gasteiger partial charge in [0.2, 0.25) is 15.9 Å². The zero-order valence-electron chi connectivity index (χ0n) is 17.6. The van der Waals surface area contributed by atoms with Crippen molar-refractivity contribution in [3.8, 4) is 0 Å². The third-order valence-corrected chi connectivity index (χ3v) is 8.12. The van der Waals surface area contributed by atoms with Gasteiger partial charge in [-0.25, -0.2) is 13.4 Å². The van der Waals surface area contributed by atoms with E-state index in [1.54, 1.807) is 16.4 Å². The summed E-state index contributed by atoms with van der Waals surface area (Å²) in [6.07, 6.45) is 4.34. The predicted octanol–water partition coefficient (Wildman–Crippen LogP) is 3.39. The Hall–Kier alpha value is -1.96. The molecule has 2 aromatic rings. The maximum absolute atomic E-state index is 13.2. The standard InChI is InChI=1S/C23H31N3O3S/c1-18-6-4-12-25(16-18)24-23(27)14-19-7-5-13-26(17-19)30(28,29)22-11-10-20-8-2-3-9-21(20)15-22/h2-3,8-11,15,18-19H,4-7,12-14,16-17H2,1H3,(H,24,27). The highest BCUT2D eigenvalue weighted by molar-refractivity contribution is 7.89. The van der Waals surface area contributed by atoms with Crippen molar-refractivity contribution in [3.05, 3.63) is 42.5 Å². The number of carbonyl (C=O) groups excluding carboxylic acids is 1. The molecule has 0 saturated carbocycles. The van der Waals surface area contributed by atoms with E-state index < -0.39 is 10.0 Å². The van der Waals surface area contributed by atoms with E-state index in [9.17, 15) is 13.2 Å². The summed E-state index contributed by atoms with van der Waals surface area (Å²) in [6.45, 7) is 4.90. The monoisotopic (exact) mass is 429 g/mol. The minimum atomic E-state index is -3.57. The van der Waals surface area contributed by atoms with Crippen molar-refractivity contribution in [1.82, 2.24) is 14.7 Å². The number of amides is 1. The van der Waals surface area contributed by atoms with Crippen LogP contribution >= 0.6 is 0 Å². The Morgan fingerprint density at radius 2 is 1.80 bits per heavy atom. The summed E-state index contributed by atoms with van der Waals surface area (Å²) in [4.78, 5) is 12.9. The van der Waals surface area contributed by atoms with Crippen LogP contribution in [0.15, 0.2) is 47.4 Å². The van der Waals surface area contributed by atoms with E-state index in [1.165, 1.54) is 6.42 Å². The lowest BCUT2D eigenvalue weighted by Crippen LogP contribution is -2.48. The van der Waals surface area contributed by atoms with Crippen molar-refractivity contribution in [3.63, 3.8) is 0 Å². The third kappa shape index (κ3) is 4.85. The highest BCUT2D eigenvalue weighted by Gasteiger charge is 2.31. The summed E-state index contributed by atoms with van der Waals surface area (Å²) < 4.78 is 28.0. The molecule has 2 aromatic carbocycles. The lowest BCUT2D eigenvalue weighted by molar-refractivity contribution is -0.128. The van der Waals surface area contributed by atoms with Gasteiger partial charge in [0.1, 0.15) is 0 Å². The second-order valence-electron chi connectivity index (χ2n) is 8.81. The molecule has 0 spiro atoms. The van der Waals surface area contributed by atoms with Crippen molar-refractivity contribution < 1.29 is 13.2 Å². The molecule has 2 unspecified atom stereocenters. The van der Waals surface area contributed by atoms with Gasteiger partial charge >= 0.3 is 0 Å². The Labute approximate surface area is 179 Å². The minimum absolute atomic E-state index is 0.000877. The number of fused-ring (bicyclic) bond motifs is 1. The Morgan fingerprint density at radius 1 is 1.03 bits per heavy atom. The van der Waals surface area contributed by atoms with E-state index in [4.69, 9.17) is 0 Å². The van der Waals surface area contributed by atoms with Crippen molar-refractivity contribution in [2.75, 3.05) is 26.2 Å². The lowest BCUT2D eigenvalue weighted by atomic mass is 9.96. The van der Waals surface area contributed by atoms with Gasteiger partial charge in [0.25, 0.3) is 0 Å². The van der Waals surface area contributed by atoms with Crippen molar-refractivity contribution >= 4 is 26.7 Å². The van der Waals surface area contributed by atoms with Gasteiger partial charge in [-0.1, -0.05) is 37.3 Å². The largest absolute Gasteiger partial charge is 0.289 e. The molecule has 4 rings (SSSR count). The van der Waals surface area contributed by atoms with Crippen LogP contribution in [0.2, 0.25) is 0 Å². The number of rotatable bonds is 5. The molecule has 2 aliphatic rings. The van der Waals surface area contributed by atoms with E-state index in [0.29, 0.717) is 30.3 Å². The van der Waals surface area contributed by atoms with E-state index in [1.807, 2.05) is 35.3 Å². The SMILES string of the molecule is CC1CCCN(NC(=O)CC2CCCN(S(=O)(=O)c3ccc4ccccc4c3)C2)C1. The van der Waals surface area contributed by atoms with Crippen LogP contribution in [0.1, 0.15) is 39.0 Å². The molecule has 30 heavy (non-hydrogen) atoms. The molecule has 2 heterocycles. The van der Waals surface area contributed by atoms with Crippen LogP contribution in [0, 0.1) is 11.8 Å². The van der Waals surface area contributed by atoms with Gasteiger partial charge in [0.05, 0.1) is 4.90 Å². The summed E-state index contributed by atoms with van der Waals surface area (Å²) in [6, 6.07) is 13.1. The number of carbonyl (C=O) groups is 1. The summed E-state index contributed by atoms with van der Waals surface area (Å²) in [5.74, 6) is 0.645. The van der Waals surface area contributed by atoms with Crippen molar-refractivity contribution in [1.29, 1.82) is 0 Å². The molecule has 2 saturated heterocycles. The highest BCUT2D eigenvalue weighted by Crippen LogP contribution is 2.27. The summed E-state index contributed by atoms with van der Waals surface area (Å²) in [5.41, 5.74) is 3.03.